The summed E-state index contributed by atoms with van der Waals surface area (Å²) in [5.74, 6) is 2.79. The Hall–Kier alpha value is -2.17. The molecule has 10 heteroatoms. The first-order valence-electron chi connectivity index (χ1n) is 9.21. The van der Waals surface area contributed by atoms with Gasteiger partial charge in [-0.2, -0.15) is 8.42 Å². The Morgan fingerprint density at radius 3 is 2.46 bits per heavy atom. The number of hydrogen-bond acceptors (Lipinski definition) is 7. The molecule has 2 heterocycles. The van der Waals surface area contributed by atoms with E-state index in [1.165, 1.54) is 0 Å². The molecule has 0 saturated carbocycles. The van der Waals surface area contributed by atoms with Crippen molar-refractivity contribution in [3.05, 3.63) is 18.5 Å². The standard InChI is InChI=1S/C18H27N5O4S/c1-12(10-22-28(19,24)25)13-4-6-23(7-5-13)18-14-8-16(26-2)17(27-3)9-15(14)20-11-21-18/h8-9,11-13,22H,4-7,10H2,1-3H3,(H2,19,24,25). The van der Waals surface area contributed by atoms with Gasteiger partial charge in [0.25, 0.3) is 10.2 Å². The Kier molecular flexibility index (Phi) is 6.21. The molecule has 0 aliphatic carbocycles. The quantitative estimate of drug-likeness (QED) is 0.707. The number of rotatable bonds is 7. The van der Waals surface area contributed by atoms with Gasteiger partial charge in [-0.1, -0.05) is 6.92 Å². The molecule has 1 atom stereocenters. The second-order valence-electron chi connectivity index (χ2n) is 7.12. The fourth-order valence-electron chi connectivity index (χ4n) is 3.72. The lowest BCUT2D eigenvalue weighted by atomic mass is 9.85. The third kappa shape index (κ3) is 4.62. The minimum absolute atomic E-state index is 0.215. The van der Waals surface area contributed by atoms with E-state index in [0.717, 1.165) is 42.7 Å². The van der Waals surface area contributed by atoms with E-state index in [1.54, 1.807) is 20.5 Å². The number of anilines is 1. The molecule has 0 spiro atoms. The molecule has 3 N–H and O–H groups in total. The maximum atomic E-state index is 11.1. The summed E-state index contributed by atoms with van der Waals surface area (Å²) in [5, 5.41) is 5.95. The van der Waals surface area contributed by atoms with Crippen molar-refractivity contribution in [2.75, 3.05) is 38.8 Å². The van der Waals surface area contributed by atoms with Crippen LogP contribution in [0.25, 0.3) is 10.9 Å². The third-order valence-electron chi connectivity index (χ3n) is 5.37. The summed E-state index contributed by atoms with van der Waals surface area (Å²) in [6.07, 6.45) is 3.47. The van der Waals surface area contributed by atoms with E-state index in [9.17, 15) is 8.42 Å². The largest absolute Gasteiger partial charge is 0.493 e. The van der Waals surface area contributed by atoms with Crippen LogP contribution in [0.15, 0.2) is 18.5 Å². The molecule has 1 aliphatic heterocycles. The van der Waals surface area contributed by atoms with Crippen molar-refractivity contribution in [1.29, 1.82) is 0 Å². The highest BCUT2D eigenvalue weighted by Crippen LogP contribution is 2.36. The van der Waals surface area contributed by atoms with E-state index >= 15 is 0 Å². The van der Waals surface area contributed by atoms with Crippen LogP contribution < -0.4 is 24.2 Å². The zero-order valence-corrected chi connectivity index (χ0v) is 17.2. The fourth-order valence-corrected chi connectivity index (χ4v) is 4.21. The monoisotopic (exact) mass is 409 g/mol. The summed E-state index contributed by atoms with van der Waals surface area (Å²) in [6, 6.07) is 3.77. The highest BCUT2D eigenvalue weighted by Gasteiger charge is 2.26. The number of aromatic nitrogens is 2. The lowest BCUT2D eigenvalue weighted by Gasteiger charge is -2.36. The van der Waals surface area contributed by atoms with Crippen LogP contribution in [0.1, 0.15) is 19.8 Å². The van der Waals surface area contributed by atoms with Gasteiger partial charge in [-0.3, -0.25) is 0 Å². The second kappa shape index (κ2) is 8.46. The molecule has 1 saturated heterocycles. The van der Waals surface area contributed by atoms with Gasteiger partial charge in [0, 0.05) is 31.1 Å². The zero-order chi connectivity index (χ0) is 20.3. The van der Waals surface area contributed by atoms with Crippen molar-refractivity contribution in [2.24, 2.45) is 17.0 Å². The number of benzene rings is 1. The lowest BCUT2D eigenvalue weighted by molar-refractivity contribution is 0.292. The van der Waals surface area contributed by atoms with Gasteiger partial charge >= 0.3 is 0 Å². The van der Waals surface area contributed by atoms with Crippen LogP contribution >= 0.6 is 0 Å². The molecular formula is C18H27N5O4S. The van der Waals surface area contributed by atoms with Gasteiger partial charge in [-0.25, -0.2) is 19.8 Å². The fraction of sp³-hybridized carbons (Fsp3) is 0.556. The number of nitrogens with zero attached hydrogens (tertiary/aromatic N) is 3. The first-order chi connectivity index (χ1) is 13.3. The Bertz CT molecular complexity index is 929. The van der Waals surface area contributed by atoms with E-state index in [-0.39, 0.29) is 5.92 Å². The molecule has 9 nitrogen and oxygen atoms in total. The number of nitrogens with two attached hydrogens (primary N) is 1. The minimum Gasteiger partial charge on any atom is -0.493 e. The van der Waals surface area contributed by atoms with Crippen molar-refractivity contribution < 1.29 is 17.9 Å². The van der Waals surface area contributed by atoms with Crippen molar-refractivity contribution in [3.63, 3.8) is 0 Å². The molecule has 0 radical (unpaired) electrons. The highest BCUT2D eigenvalue weighted by molar-refractivity contribution is 7.87. The number of methoxy groups -OCH3 is 2. The Morgan fingerprint density at radius 2 is 1.86 bits per heavy atom. The molecule has 1 aromatic carbocycles. The molecule has 1 aromatic heterocycles. The molecule has 28 heavy (non-hydrogen) atoms. The maximum absolute atomic E-state index is 11.1. The van der Waals surface area contributed by atoms with Gasteiger partial charge in [0.15, 0.2) is 11.5 Å². The summed E-state index contributed by atoms with van der Waals surface area (Å²) in [4.78, 5) is 11.1. The molecule has 0 amide bonds. The summed E-state index contributed by atoms with van der Waals surface area (Å²) < 4.78 is 35.4. The average Bonchev–Trinajstić information content (AvgIpc) is 2.70. The smallest absolute Gasteiger partial charge is 0.274 e. The first-order valence-corrected chi connectivity index (χ1v) is 10.8. The molecule has 0 bridgehead atoms. The van der Waals surface area contributed by atoms with Crippen molar-refractivity contribution in [1.82, 2.24) is 14.7 Å². The van der Waals surface area contributed by atoms with E-state index in [4.69, 9.17) is 14.6 Å². The van der Waals surface area contributed by atoms with E-state index in [1.807, 2.05) is 12.1 Å². The summed E-state index contributed by atoms with van der Waals surface area (Å²) >= 11 is 0. The highest BCUT2D eigenvalue weighted by atomic mass is 32.2. The topological polar surface area (TPSA) is 120 Å². The number of nitrogens with one attached hydrogen (secondary N) is 1. The van der Waals surface area contributed by atoms with Crippen LogP contribution in [-0.2, 0) is 10.2 Å². The molecule has 1 fully saturated rings. The van der Waals surface area contributed by atoms with Crippen LogP contribution in [0.2, 0.25) is 0 Å². The average molecular weight is 410 g/mol. The van der Waals surface area contributed by atoms with Gasteiger partial charge < -0.3 is 14.4 Å². The van der Waals surface area contributed by atoms with Gasteiger partial charge in [-0.15, -0.1) is 0 Å². The van der Waals surface area contributed by atoms with Crippen molar-refractivity contribution in [3.8, 4) is 11.5 Å². The Labute approximate surface area is 165 Å². The SMILES string of the molecule is COc1cc2ncnc(N3CCC(C(C)CNS(N)(=O)=O)CC3)c2cc1OC. The van der Waals surface area contributed by atoms with Gasteiger partial charge in [0.2, 0.25) is 0 Å². The van der Waals surface area contributed by atoms with Gasteiger partial charge in [0.05, 0.1) is 19.7 Å². The summed E-state index contributed by atoms with van der Waals surface area (Å²) in [6.45, 7) is 4.09. The van der Waals surface area contributed by atoms with E-state index in [2.05, 4.69) is 26.5 Å². The van der Waals surface area contributed by atoms with E-state index < -0.39 is 10.2 Å². The lowest BCUT2D eigenvalue weighted by Crippen LogP contribution is -2.40. The number of hydrogen-bond donors (Lipinski definition) is 2. The van der Waals surface area contributed by atoms with Crippen LogP contribution in [-0.4, -0.2) is 52.2 Å². The normalized spacial score (nSPS) is 16.9. The number of ether oxygens (including phenoxy) is 2. The van der Waals surface area contributed by atoms with Crippen LogP contribution in [0.5, 0.6) is 11.5 Å². The molecule has 3 rings (SSSR count). The van der Waals surface area contributed by atoms with Crippen molar-refractivity contribution in [2.45, 2.75) is 19.8 Å². The molecular weight excluding hydrogens is 382 g/mol. The molecule has 2 aromatic rings. The number of piperidine rings is 1. The summed E-state index contributed by atoms with van der Waals surface area (Å²) in [5.41, 5.74) is 0.801. The maximum Gasteiger partial charge on any atom is 0.274 e. The second-order valence-corrected chi connectivity index (χ2v) is 8.50. The van der Waals surface area contributed by atoms with Gasteiger partial charge in [0.1, 0.15) is 12.1 Å². The predicted molar refractivity (Wildman–Crippen MR) is 108 cm³/mol. The molecule has 154 valence electrons. The van der Waals surface area contributed by atoms with Crippen molar-refractivity contribution >= 4 is 26.9 Å². The zero-order valence-electron chi connectivity index (χ0n) is 16.4. The third-order valence-corrected chi connectivity index (χ3v) is 5.94. The molecule has 1 unspecified atom stereocenters. The number of fused-ring (bicyclic) bond motifs is 1. The Morgan fingerprint density at radius 1 is 1.21 bits per heavy atom. The molecule has 1 aliphatic rings. The van der Waals surface area contributed by atoms with Gasteiger partial charge in [-0.05, 0) is 30.7 Å². The minimum atomic E-state index is -3.65. The Balaban J connectivity index is 1.74. The van der Waals surface area contributed by atoms with Crippen LogP contribution in [0.3, 0.4) is 0 Å². The van der Waals surface area contributed by atoms with Crippen LogP contribution in [0, 0.1) is 11.8 Å². The first kappa shape index (κ1) is 20.6. The summed E-state index contributed by atoms with van der Waals surface area (Å²) in [7, 11) is -0.441. The van der Waals surface area contributed by atoms with E-state index in [0.29, 0.717) is 24.0 Å². The predicted octanol–water partition coefficient (Wildman–Crippen LogP) is 1.29. The van der Waals surface area contributed by atoms with Crippen LogP contribution in [0.4, 0.5) is 5.82 Å².